The van der Waals surface area contributed by atoms with E-state index >= 15 is 0 Å². The molecule has 1 aliphatic heterocycles. The average Bonchev–Trinajstić information content (AvgIpc) is 3.14. The highest BCUT2D eigenvalue weighted by Gasteiger charge is 2.46. The van der Waals surface area contributed by atoms with Crippen LogP contribution in [0.2, 0.25) is 0 Å². The first-order valence-corrected chi connectivity index (χ1v) is 11.8. The normalized spacial score (nSPS) is 16.6. The molecule has 4 rings (SSSR count). The number of carboxylic acid groups (broad SMARTS) is 1. The van der Waals surface area contributed by atoms with Gasteiger partial charge in [0.2, 0.25) is 0 Å². The highest BCUT2D eigenvalue weighted by molar-refractivity contribution is 6.46. The molecule has 0 spiro atoms. The lowest BCUT2D eigenvalue weighted by molar-refractivity contribution is -0.140. The third-order valence-corrected chi connectivity index (χ3v) is 6.26. The zero-order valence-corrected chi connectivity index (χ0v) is 20.8. The molecule has 1 aliphatic rings. The molecule has 8 nitrogen and oxygen atoms in total. The summed E-state index contributed by atoms with van der Waals surface area (Å²) in [4.78, 5) is 41.1. The Hall–Kier alpha value is -4.59. The van der Waals surface area contributed by atoms with E-state index in [0.717, 1.165) is 5.69 Å². The molecule has 0 aliphatic carbocycles. The Bertz CT molecular complexity index is 1340. The van der Waals surface area contributed by atoms with Crippen LogP contribution in [0.4, 0.5) is 5.69 Å². The zero-order chi connectivity index (χ0) is 26.7. The predicted octanol–water partition coefficient (Wildman–Crippen LogP) is 4.47. The first-order valence-electron chi connectivity index (χ1n) is 11.8. The maximum absolute atomic E-state index is 13.3. The smallest absolute Gasteiger partial charge is 0.335 e. The number of carbonyl (C=O) groups is 3. The maximum atomic E-state index is 13.3. The number of benzene rings is 3. The minimum atomic E-state index is -1.05. The van der Waals surface area contributed by atoms with Crippen molar-refractivity contribution in [1.82, 2.24) is 4.90 Å². The molecule has 0 radical (unpaired) electrons. The molecule has 3 aromatic carbocycles. The highest BCUT2D eigenvalue weighted by atomic mass is 16.5. The molecule has 190 valence electrons. The second kappa shape index (κ2) is 10.6. The van der Waals surface area contributed by atoms with Crippen LogP contribution in [-0.2, 0) is 16.1 Å². The number of rotatable bonds is 8. The Morgan fingerprint density at radius 1 is 0.892 bits per heavy atom. The van der Waals surface area contributed by atoms with Gasteiger partial charge in [-0.3, -0.25) is 9.59 Å². The fourth-order valence-electron chi connectivity index (χ4n) is 4.33. The molecule has 1 fully saturated rings. The summed E-state index contributed by atoms with van der Waals surface area (Å²) in [7, 11) is 3.82. The summed E-state index contributed by atoms with van der Waals surface area (Å²) in [5.41, 5.74) is 2.77. The van der Waals surface area contributed by atoms with Crippen LogP contribution in [-0.4, -0.2) is 53.5 Å². The number of Topliss-reactive ketones (excluding diaryl/α,β-unsaturated/α-hetero) is 1. The van der Waals surface area contributed by atoms with E-state index in [1.807, 2.05) is 50.2 Å². The molecule has 1 amide bonds. The standard InChI is InChI=1S/C29H28N2O6/c1-4-37-23-15-11-20(12-16-23)26(32)24-25(19-9-13-22(14-10-19)30(2)3)31(28(34)27(24)33)17-18-5-7-21(8-6-18)29(35)36/h5-16,25,32H,4,17H2,1-3H3,(H,35,36)/b26-24+. The van der Waals surface area contributed by atoms with Crippen molar-refractivity contribution < 1.29 is 29.3 Å². The molecule has 2 N–H and O–H groups in total. The van der Waals surface area contributed by atoms with Crippen molar-refractivity contribution in [2.24, 2.45) is 0 Å². The van der Waals surface area contributed by atoms with E-state index in [1.165, 1.54) is 17.0 Å². The lowest BCUT2D eigenvalue weighted by Crippen LogP contribution is -2.29. The van der Waals surface area contributed by atoms with Gasteiger partial charge in [0.15, 0.2) is 0 Å². The summed E-state index contributed by atoms with van der Waals surface area (Å²) in [6, 6.07) is 19.4. The molecule has 3 aromatic rings. The van der Waals surface area contributed by atoms with Crippen molar-refractivity contribution in [3.8, 4) is 5.75 Å². The van der Waals surface area contributed by atoms with Crippen LogP contribution in [0.25, 0.3) is 5.76 Å². The Balaban J connectivity index is 1.79. The number of hydrogen-bond acceptors (Lipinski definition) is 6. The lowest BCUT2D eigenvalue weighted by Gasteiger charge is -2.26. The summed E-state index contributed by atoms with van der Waals surface area (Å²) in [5.74, 6) is -2.22. The highest BCUT2D eigenvalue weighted by Crippen LogP contribution is 2.40. The van der Waals surface area contributed by atoms with Crippen LogP contribution in [0.5, 0.6) is 5.75 Å². The van der Waals surface area contributed by atoms with Crippen molar-refractivity contribution in [1.29, 1.82) is 0 Å². The minimum absolute atomic E-state index is 0.00563. The predicted molar refractivity (Wildman–Crippen MR) is 140 cm³/mol. The van der Waals surface area contributed by atoms with E-state index in [0.29, 0.717) is 29.0 Å². The third kappa shape index (κ3) is 5.18. The van der Waals surface area contributed by atoms with Gasteiger partial charge in [-0.05, 0) is 66.6 Å². The Labute approximate surface area is 215 Å². The number of carboxylic acids is 1. The van der Waals surface area contributed by atoms with Gasteiger partial charge in [0, 0.05) is 31.9 Å². The molecule has 0 bridgehead atoms. The summed E-state index contributed by atoms with van der Waals surface area (Å²) in [6.45, 7) is 2.42. The third-order valence-electron chi connectivity index (χ3n) is 6.26. The van der Waals surface area contributed by atoms with Gasteiger partial charge in [0.25, 0.3) is 11.7 Å². The molecule has 0 saturated carbocycles. The van der Waals surface area contributed by atoms with Crippen LogP contribution in [0.3, 0.4) is 0 Å². The van der Waals surface area contributed by atoms with Gasteiger partial charge in [0.1, 0.15) is 11.5 Å². The number of ketones is 1. The number of amides is 1. The zero-order valence-electron chi connectivity index (χ0n) is 20.8. The van der Waals surface area contributed by atoms with Gasteiger partial charge in [-0.2, -0.15) is 0 Å². The Morgan fingerprint density at radius 3 is 2.03 bits per heavy atom. The lowest BCUT2D eigenvalue weighted by atomic mass is 9.95. The average molecular weight is 501 g/mol. The number of anilines is 1. The van der Waals surface area contributed by atoms with Crippen molar-refractivity contribution in [2.75, 3.05) is 25.6 Å². The number of hydrogen-bond donors (Lipinski definition) is 2. The molecule has 1 atom stereocenters. The van der Waals surface area contributed by atoms with Gasteiger partial charge in [0.05, 0.1) is 23.8 Å². The van der Waals surface area contributed by atoms with E-state index in [9.17, 15) is 24.6 Å². The Kier molecular flexibility index (Phi) is 7.29. The van der Waals surface area contributed by atoms with E-state index in [1.54, 1.807) is 36.4 Å². The van der Waals surface area contributed by atoms with Crippen LogP contribution in [0.1, 0.15) is 40.0 Å². The second-order valence-electron chi connectivity index (χ2n) is 8.87. The van der Waals surface area contributed by atoms with Gasteiger partial charge in [-0.25, -0.2) is 4.79 Å². The van der Waals surface area contributed by atoms with E-state index in [2.05, 4.69) is 0 Å². The number of carbonyl (C=O) groups excluding carboxylic acids is 2. The number of aliphatic hydroxyl groups excluding tert-OH is 1. The molecule has 0 aromatic heterocycles. The fourth-order valence-corrected chi connectivity index (χ4v) is 4.33. The summed E-state index contributed by atoms with van der Waals surface area (Å²) >= 11 is 0. The largest absolute Gasteiger partial charge is 0.507 e. The van der Waals surface area contributed by atoms with E-state index < -0.39 is 23.7 Å². The van der Waals surface area contributed by atoms with Crippen molar-refractivity contribution in [3.63, 3.8) is 0 Å². The monoisotopic (exact) mass is 500 g/mol. The number of nitrogens with zero attached hydrogens (tertiary/aromatic N) is 2. The number of aliphatic hydroxyl groups is 1. The van der Waals surface area contributed by atoms with Gasteiger partial charge in [-0.15, -0.1) is 0 Å². The summed E-state index contributed by atoms with van der Waals surface area (Å²) in [6.07, 6.45) is 0. The first-order chi connectivity index (χ1) is 17.7. The molecule has 1 saturated heterocycles. The topological polar surface area (TPSA) is 107 Å². The SMILES string of the molecule is CCOc1ccc(/C(O)=C2\C(=O)C(=O)N(Cc3ccc(C(=O)O)cc3)C2c2ccc(N(C)C)cc2)cc1. The number of aromatic carboxylic acids is 1. The van der Waals surface area contributed by atoms with Crippen molar-refractivity contribution in [2.45, 2.75) is 19.5 Å². The van der Waals surface area contributed by atoms with E-state index in [4.69, 9.17) is 4.74 Å². The quantitative estimate of drug-likeness (QED) is 0.267. The van der Waals surface area contributed by atoms with Gasteiger partial charge in [-0.1, -0.05) is 24.3 Å². The van der Waals surface area contributed by atoms with Crippen LogP contribution < -0.4 is 9.64 Å². The Morgan fingerprint density at radius 2 is 1.49 bits per heavy atom. The van der Waals surface area contributed by atoms with Crippen LogP contribution in [0, 0.1) is 0 Å². The molecule has 37 heavy (non-hydrogen) atoms. The summed E-state index contributed by atoms with van der Waals surface area (Å²) in [5, 5.41) is 20.4. The first kappa shape index (κ1) is 25.5. The van der Waals surface area contributed by atoms with Crippen LogP contribution in [0.15, 0.2) is 78.4 Å². The van der Waals surface area contributed by atoms with Gasteiger partial charge < -0.3 is 24.7 Å². The van der Waals surface area contributed by atoms with Gasteiger partial charge >= 0.3 is 5.97 Å². The molecule has 8 heteroatoms. The number of likely N-dealkylation sites (tertiary alicyclic amines) is 1. The fraction of sp³-hybridized carbons (Fsp3) is 0.207. The summed E-state index contributed by atoms with van der Waals surface area (Å²) < 4.78 is 5.46. The molecule has 1 heterocycles. The number of ether oxygens (including phenoxy) is 1. The molecule has 1 unspecified atom stereocenters. The van der Waals surface area contributed by atoms with Crippen molar-refractivity contribution in [3.05, 3.63) is 101 Å². The maximum Gasteiger partial charge on any atom is 0.335 e. The van der Waals surface area contributed by atoms with Crippen LogP contribution >= 0.6 is 0 Å². The second-order valence-corrected chi connectivity index (χ2v) is 8.87. The minimum Gasteiger partial charge on any atom is -0.507 e. The molecular formula is C29H28N2O6. The van der Waals surface area contributed by atoms with Crippen molar-refractivity contribution >= 4 is 29.1 Å². The van der Waals surface area contributed by atoms with E-state index in [-0.39, 0.29) is 23.4 Å². The molecular weight excluding hydrogens is 472 g/mol.